The molecule has 1 aliphatic carbocycles. The van der Waals surface area contributed by atoms with Crippen molar-refractivity contribution in [1.29, 1.82) is 0 Å². The zero-order valence-electron chi connectivity index (χ0n) is 11.1. The Bertz CT molecular complexity index is 623. The maximum atomic E-state index is 11.2. The van der Waals surface area contributed by atoms with E-state index in [1.54, 1.807) is 19.3 Å². The second-order valence-electron chi connectivity index (χ2n) is 4.81. The first-order chi connectivity index (χ1) is 9.66. The summed E-state index contributed by atoms with van der Waals surface area (Å²) in [5.41, 5.74) is 6.25. The molecule has 0 saturated heterocycles. The summed E-state index contributed by atoms with van der Waals surface area (Å²) < 4.78 is 2.10. The number of aromatic nitrogens is 4. The van der Waals surface area contributed by atoms with Crippen molar-refractivity contribution in [2.24, 2.45) is 5.73 Å². The van der Waals surface area contributed by atoms with E-state index in [1.165, 1.54) is 11.8 Å². The molecular formula is C13H15N5OS. The normalized spacial score (nSPS) is 16.1. The molecule has 104 valence electrons. The predicted molar refractivity (Wildman–Crippen MR) is 76.0 cm³/mol. The summed E-state index contributed by atoms with van der Waals surface area (Å²) in [4.78, 5) is 15.3. The number of carbonyl (C=O) groups is 1. The molecule has 3 rings (SSSR count). The summed E-state index contributed by atoms with van der Waals surface area (Å²) in [5, 5.41) is 8.90. The van der Waals surface area contributed by atoms with Gasteiger partial charge in [0.2, 0.25) is 5.91 Å². The number of rotatable bonds is 5. The van der Waals surface area contributed by atoms with Crippen LogP contribution in [0.2, 0.25) is 0 Å². The highest BCUT2D eigenvalue weighted by Crippen LogP contribution is 2.41. The average Bonchev–Trinajstić information content (AvgIpc) is 3.21. The number of hydrogen-bond acceptors (Lipinski definition) is 5. The van der Waals surface area contributed by atoms with Gasteiger partial charge in [-0.15, -0.1) is 10.2 Å². The molecule has 2 heterocycles. The van der Waals surface area contributed by atoms with Crippen LogP contribution < -0.4 is 5.73 Å². The topological polar surface area (TPSA) is 86.7 Å². The Balaban J connectivity index is 1.96. The third kappa shape index (κ3) is 2.53. The highest BCUT2D eigenvalue weighted by Gasteiger charge is 2.31. The summed E-state index contributed by atoms with van der Waals surface area (Å²) in [6.07, 6.45) is 5.73. The Morgan fingerprint density at radius 1 is 1.50 bits per heavy atom. The van der Waals surface area contributed by atoms with E-state index in [1.807, 2.05) is 12.1 Å². The molecule has 1 atom stereocenters. The standard InChI is InChI=1S/C13H15N5OS/c1-8(11(14)19)20-13-17-16-12(18(13)10-4-5-10)9-3-2-6-15-7-9/h2-3,6-8,10H,4-5H2,1H3,(H2,14,19)/t8-/m0/s1. The fourth-order valence-corrected chi connectivity index (χ4v) is 2.80. The van der Waals surface area contributed by atoms with Crippen LogP contribution in [0.5, 0.6) is 0 Å². The highest BCUT2D eigenvalue weighted by atomic mass is 32.2. The Morgan fingerprint density at radius 2 is 2.30 bits per heavy atom. The third-order valence-electron chi connectivity index (χ3n) is 3.18. The number of pyridine rings is 1. The van der Waals surface area contributed by atoms with Gasteiger partial charge in [-0.3, -0.25) is 14.3 Å². The van der Waals surface area contributed by atoms with E-state index in [4.69, 9.17) is 5.73 Å². The molecule has 20 heavy (non-hydrogen) atoms. The van der Waals surface area contributed by atoms with Crippen LogP contribution in [0.15, 0.2) is 29.7 Å². The molecule has 0 spiro atoms. The van der Waals surface area contributed by atoms with Gasteiger partial charge in [-0.25, -0.2) is 0 Å². The van der Waals surface area contributed by atoms with Gasteiger partial charge in [-0.05, 0) is 31.9 Å². The third-order valence-corrected chi connectivity index (χ3v) is 4.25. The lowest BCUT2D eigenvalue weighted by molar-refractivity contribution is -0.117. The Labute approximate surface area is 120 Å². The maximum absolute atomic E-state index is 11.2. The van der Waals surface area contributed by atoms with Crippen LogP contribution in [0.4, 0.5) is 0 Å². The maximum Gasteiger partial charge on any atom is 0.230 e. The van der Waals surface area contributed by atoms with Gasteiger partial charge in [0.15, 0.2) is 11.0 Å². The summed E-state index contributed by atoms with van der Waals surface area (Å²) in [5.74, 6) is 0.461. The minimum atomic E-state index is -0.344. The van der Waals surface area contributed by atoms with Gasteiger partial charge in [0.05, 0.1) is 5.25 Å². The molecule has 2 aromatic heterocycles. The van der Waals surface area contributed by atoms with Gasteiger partial charge >= 0.3 is 0 Å². The van der Waals surface area contributed by atoms with Crippen LogP contribution in [-0.4, -0.2) is 30.9 Å². The van der Waals surface area contributed by atoms with E-state index in [0.717, 1.165) is 29.4 Å². The fraction of sp³-hybridized carbons (Fsp3) is 0.385. The van der Waals surface area contributed by atoms with E-state index < -0.39 is 0 Å². The average molecular weight is 289 g/mol. The molecule has 7 heteroatoms. The lowest BCUT2D eigenvalue weighted by Crippen LogP contribution is -2.23. The van der Waals surface area contributed by atoms with E-state index in [9.17, 15) is 4.79 Å². The molecule has 2 N–H and O–H groups in total. The van der Waals surface area contributed by atoms with Crippen molar-refractivity contribution in [2.45, 2.75) is 36.2 Å². The minimum Gasteiger partial charge on any atom is -0.369 e. The number of primary amides is 1. The van der Waals surface area contributed by atoms with E-state index in [-0.39, 0.29) is 11.2 Å². The number of thioether (sulfide) groups is 1. The molecule has 0 aliphatic heterocycles. The molecule has 0 bridgehead atoms. The Morgan fingerprint density at radius 3 is 2.90 bits per heavy atom. The van der Waals surface area contributed by atoms with Crippen molar-refractivity contribution in [2.75, 3.05) is 0 Å². The molecule has 1 amide bonds. The van der Waals surface area contributed by atoms with Crippen molar-refractivity contribution < 1.29 is 4.79 Å². The van der Waals surface area contributed by atoms with Crippen molar-refractivity contribution in [1.82, 2.24) is 19.7 Å². The number of amides is 1. The fourth-order valence-electron chi connectivity index (χ4n) is 1.93. The first-order valence-corrected chi connectivity index (χ1v) is 7.36. The number of hydrogen-bond donors (Lipinski definition) is 1. The molecule has 1 fully saturated rings. The minimum absolute atomic E-state index is 0.321. The quantitative estimate of drug-likeness (QED) is 0.846. The van der Waals surface area contributed by atoms with E-state index in [0.29, 0.717) is 6.04 Å². The molecule has 1 aliphatic rings. The van der Waals surface area contributed by atoms with Gasteiger partial charge in [0.25, 0.3) is 0 Å². The monoisotopic (exact) mass is 289 g/mol. The molecule has 6 nitrogen and oxygen atoms in total. The summed E-state index contributed by atoms with van der Waals surface area (Å²) >= 11 is 1.36. The van der Waals surface area contributed by atoms with Crippen molar-refractivity contribution >= 4 is 17.7 Å². The first kappa shape index (κ1) is 13.1. The van der Waals surface area contributed by atoms with Gasteiger partial charge < -0.3 is 5.73 Å². The Kier molecular flexibility index (Phi) is 3.43. The molecular weight excluding hydrogens is 274 g/mol. The van der Waals surface area contributed by atoms with Gasteiger partial charge in [-0.2, -0.15) is 0 Å². The zero-order chi connectivity index (χ0) is 14.1. The SMILES string of the molecule is C[C@H](Sc1nnc(-c2cccnc2)n1C1CC1)C(N)=O. The number of nitrogens with zero attached hydrogens (tertiary/aromatic N) is 4. The van der Waals surface area contributed by atoms with Gasteiger partial charge in [0.1, 0.15) is 0 Å². The van der Waals surface area contributed by atoms with Crippen LogP contribution in [0, 0.1) is 0 Å². The van der Waals surface area contributed by atoms with E-state index >= 15 is 0 Å². The zero-order valence-corrected chi connectivity index (χ0v) is 11.9. The predicted octanol–water partition coefficient (Wildman–Crippen LogP) is 1.64. The lowest BCUT2D eigenvalue weighted by atomic mass is 10.3. The van der Waals surface area contributed by atoms with Crippen molar-refractivity contribution in [3.63, 3.8) is 0 Å². The van der Waals surface area contributed by atoms with Crippen LogP contribution in [-0.2, 0) is 4.79 Å². The smallest absolute Gasteiger partial charge is 0.230 e. The molecule has 0 unspecified atom stereocenters. The van der Waals surface area contributed by atoms with E-state index in [2.05, 4.69) is 19.7 Å². The van der Waals surface area contributed by atoms with Crippen LogP contribution in [0.1, 0.15) is 25.8 Å². The van der Waals surface area contributed by atoms with Crippen molar-refractivity contribution in [3.8, 4) is 11.4 Å². The van der Waals surface area contributed by atoms with Gasteiger partial charge in [-0.1, -0.05) is 11.8 Å². The molecule has 1 saturated carbocycles. The largest absolute Gasteiger partial charge is 0.369 e. The van der Waals surface area contributed by atoms with Crippen LogP contribution >= 0.6 is 11.8 Å². The second kappa shape index (κ2) is 5.24. The van der Waals surface area contributed by atoms with Gasteiger partial charge in [0, 0.05) is 24.0 Å². The highest BCUT2D eigenvalue weighted by molar-refractivity contribution is 8.00. The Hall–Kier alpha value is -1.89. The molecule has 0 radical (unpaired) electrons. The summed E-state index contributed by atoms with van der Waals surface area (Å²) in [6, 6.07) is 4.25. The van der Waals surface area contributed by atoms with Crippen molar-refractivity contribution in [3.05, 3.63) is 24.5 Å². The summed E-state index contributed by atoms with van der Waals surface area (Å²) in [7, 11) is 0. The van der Waals surface area contributed by atoms with Crippen LogP contribution in [0.25, 0.3) is 11.4 Å². The molecule has 2 aromatic rings. The second-order valence-corrected chi connectivity index (χ2v) is 6.12. The number of nitrogens with two attached hydrogens (primary N) is 1. The summed E-state index contributed by atoms with van der Waals surface area (Å²) in [6.45, 7) is 1.78. The number of carbonyl (C=O) groups excluding carboxylic acids is 1. The first-order valence-electron chi connectivity index (χ1n) is 6.48. The molecule has 0 aromatic carbocycles. The lowest BCUT2D eigenvalue weighted by Gasteiger charge is -2.10. The van der Waals surface area contributed by atoms with Crippen LogP contribution in [0.3, 0.4) is 0 Å².